The molecule has 2 N–H and O–H groups in total. The van der Waals surface area contributed by atoms with Crippen molar-refractivity contribution in [3.05, 3.63) is 0 Å². The van der Waals surface area contributed by atoms with Gasteiger partial charge in [0.05, 0.1) is 13.0 Å². The van der Waals surface area contributed by atoms with Crippen LogP contribution in [-0.2, 0) is 9.53 Å². The van der Waals surface area contributed by atoms with Crippen LogP contribution in [0.5, 0.6) is 0 Å². The molecule has 0 saturated carbocycles. The van der Waals surface area contributed by atoms with Gasteiger partial charge < -0.3 is 14.9 Å². The van der Waals surface area contributed by atoms with E-state index in [1.807, 2.05) is 13.8 Å². The predicted molar refractivity (Wildman–Crippen MR) is 39.0 cm³/mol. The zero-order chi connectivity index (χ0) is 8.85. The quantitative estimate of drug-likeness (QED) is 0.576. The predicted octanol–water partition coefficient (Wildman–Crippen LogP) is 0.452. The van der Waals surface area contributed by atoms with E-state index in [4.69, 9.17) is 14.9 Å². The Morgan fingerprint density at radius 2 is 2.09 bits per heavy atom. The average molecular weight is 162 g/mol. The second-order valence-corrected chi connectivity index (χ2v) is 2.78. The van der Waals surface area contributed by atoms with E-state index in [9.17, 15) is 4.79 Å². The fourth-order valence-electron chi connectivity index (χ4n) is 0.512. The number of ether oxygens (including phenoxy) is 1. The van der Waals surface area contributed by atoms with Crippen molar-refractivity contribution < 1.29 is 19.7 Å². The number of carboxylic acids is 1. The zero-order valence-corrected chi connectivity index (χ0v) is 6.78. The molecule has 0 aromatic heterocycles. The summed E-state index contributed by atoms with van der Waals surface area (Å²) in [6.07, 6.45) is -1.53. The Hall–Kier alpha value is -0.610. The fourth-order valence-corrected chi connectivity index (χ4v) is 0.512. The molecule has 4 nitrogen and oxygen atoms in total. The number of carbonyl (C=O) groups is 1. The summed E-state index contributed by atoms with van der Waals surface area (Å²) < 4.78 is 4.79. The summed E-state index contributed by atoms with van der Waals surface area (Å²) in [6, 6.07) is 0. The summed E-state index contributed by atoms with van der Waals surface area (Å²) in [5, 5.41) is 17.1. The maximum absolute atomic E-state index is 10.0. The molecule has 0 aromatic rings. The second-order valence-electron chi connectivity index (χ2n) is 2.78. The molecule has 0 amide bonds. The maximum atomic E-state index is 10.0. The Balaban J connectivity index is 3.37. The molecule has 0 aliphatic carbocycles. The summed E-state index contributed by atoms with van der Waals surface area (Å²) in [7, 11) is 0. The first kappa shape index (κ1) is 10.4. The van der Waals surface area contributed by atoms with Gasteiger partial charge in [-0.1, -0.05) is 13.8 Å². The third kappa shape index (κ3) is 7.29. The molecule has 1 unspecified atom stereocenters. The number of aliphatic hydroxyl groups excluding tert-OH is 1. The van der Waals surface area contributed by atoms with Gasteiger partial charge >= 0.3 is 5.97 Å². The lowest BCUT2D eigenvalue weighted by molar-refractivity contribution is -0.154. The van der Waals surface area contributed by atoms with Crippen molar-refractivity contribution in [1.82, 2.24) is 0 Å². The number of aliphatic hydroxyl groups is 1. The van der Waals surface area contributed by atoms with Crippen LogP contribution in [0.4, 0.5) is 0 Å². The van der Waals surface area contributed by atoms with E-state index in [0.717, 1.165) is 0 Å². The second kappa shape index (κ2) is 5.09. The molecule has 0 spiro atoms. The van der Waals surface area contributed by atoms with Gasteiger partial charge in [0.2, 0.25) is 0 Å². The monoisotopic (exact) mass is 162 g/mol. The summed E-state index contributed by atoms with van der Waals surface area (Å²) in [5.74, 6) is -0.750. The van der Waals surface area contributed by atoms with Crippen LogP contribution in [0.3, 0.4) is 0 Å². The minimum atomic E-state index is -1.17. The standard InChI is InChI=1S/C7H14O4/c1-5(2)4-11-7(10)3-6(8)9/h5,7,10H,3-4H2,1-2H3,(H,8,9). The molecule has 0 aliphatic rings. The zero-order valence-electron chi connectivity index (χ0n) is 6.78. The van der Waals surface area contributed by atoms with Gasteiger partial charge in [-0.3, -0.25) is 4.79 Å². The molecular formula is C7H14O4. The Kier molecular flexibility index (Phi) is 4.81. The SMILES string of the molecule is CC(C)COC(O)CC(=O)O. The first-order valence-corrected chi connectivity index (χ1v) is 3.54. The van der Waals surface area contributed by atoms with Gasteiger partial charge in [0.1, 0.15) is 0 Å². The van der Waals surface area contributed by atoms with Crippen molar-refractivity contribution in [2.45, 2.75) is 26.6 Å². The van der Waals surface area contributed by atoms with Crippen LogP contribution in [0.25, 0.3) is 0 Å². The van der Waals surface area contributed by atoms with Gasteiger partial charge in [0, 0.05) is 0 Å². The molecule has 0 radical (unpaired) electrons. The first-order chi connectivity index (χ1) is 5.02. The van der Waals surface area contributed by atoms with Crippen LogP contribution < -0.4 is 0 Å². The van der Waals surface area contributed by atoms with Crippen molar-refractivity contribution in [3.8, 4) is 0 Å². The van der Waals surface area contributed by atoms with Crippen LogP contribution in [0.15, 0.2) is 0 Å². The van der Waals surface area contributed by atoms with Gasteiger partial charge in [0.15, 0.2) is 6.29 Å². The highest BCUT2D eigenvalue weighted by molar-refractivity contribution is 5.67. The van der Waals surface area contributed by atoms with E-state index in [1.54, 1.807) is 0 Å². The first-order valence-electron chi connectivity index (χ1n) is 3.54. The third-order valence-corrected chi connectivity index (χ3v) is 0.971. The molecular weight excluding hydrogens is 148 g/mol. The highest BCUT2D eigenvalue weighted by atomic mass is 16.6. The van der Waals surface area contributed by atoms with Gasteiger partial charge in [-0.25, -0.2) is 0 Å². The highest BCUT2D eigenvalue weighted by Crippen LogP contribution is 1.98. The van der Waals surface area contributed by atoms with Gasteiger partial charge in [-0.2, -0.15) is 0 Å². The fraction of sp³-hybridized carbons (Fsp3) is 0.857. The Morgan fingerprint density at radius 1 is 1.55 bits per heavy atom. The molecule has 0 heterocycles. The van der Waals surface area contributed by atoms with Crippen LogP contribution in [0.2, 0.25) is 0 Å². The summed E-state index contributed by atoms with van der Waals surface area (Å²) >= 11 is 0. The molecule has 0 aliphatic heterocycles. The van der Waals surface area contributed by atoms with Crippen molar-refractivity contribution >= 4 is 5.97 Å². The minimum absolute atomic E-state index is 0.304. The molecule has 1 atom stereocenters. The number of hydrogen-bond donors (Lipinski definition) is 2. The molecule has 66 valence electrons. The summed E-state index contributed by atoms with van der Waals surface area (Å²) in [6.45, 7) is 4.23. The summed E-state index contributed by atoms with van der Waals surface area (Å²) in [5.41, 5.74) is 0. The molecule has 4 heteroatoms. The van der Waals surface area contributed by atoms with E-state index >= 15 is 0 Å². The number of carboxylic acid groups (broad SMARTS) is 1. The Labute approximate surface area is 65.8 Å². The van der Waals surface area contributed by atoms with E-state index in [1.165, 1.54) is 0 Å². The van der Waals surface area contributed by atoms with E-state index in [2.05, 4.69) is 0 Å². The van der Waals surface area contributed by atoms with E-state index in [-0.39, 0.29) is 6.42 Å². The lowest BCUT2D eigenvalue weighted by Gasteiger charge is -2.10. The Bertz CT molecular complexity index is 122. The van der Waals surface area contributed by atoms with Gasteiger partial charge in [0.25, 0.3) is 0 Å². The summed E-state index contributed by atoms with van der Waals surface area (Å²) in [4.78, 5) is 10.0. The number of aliphatic carboxylic acids is 1. The van der Waals surface area contributed by atoms with E-state index in [0.29, 0.717) is 12.5 Å². The molecule has 11 heavy (non-hydrogen) atoms. The van der Waals surface area contributed by atoms with Crippen LogP contribution in [-0.4, -0.2) is 29.1 Å². The lowest BCUT2D eigenvalue weighted by Crippen LogP contribution is -2.19. The van der Waals surface area contributed by atoms with Crippen LogP contribution in [0, 0.1) is 5.92 Å². The van der Waals surface area contributed by atoms with Gasteiger partial charge in [-0.15, -0.1) is 0 Å². The average Bonchev–Trinajstić information content (AvgIpc) is 1.82. The molecule has 0 rings (SSSR count). The Morgan fingerprint density at radius 3 is 2.45 bits per heavy atom. The molecule has 0 aromatic carbocycles. The molecule has 0 fully saturated rings. The lowest BCUT2D eigenvalue weighted by atomic mass is 10.2. The smallest absolute Gasteiger partial charge is 0.308 e. The van der Waals surface area contributed by atoms with Crippen molar-refractivity contribution in [2.24, 2.45) is 5.92 Å². The topological polar surface area (TPSA) is 66.8 Å². The van der Waals surface area contributed by atoms with E-state index < -0.39 is 12.3 Å². The van der Waals surface area contributed by atoms with Gasteiger partial charge in [-0.05, 0) is 5.92 Å². The third-order valence-electron chi connectivity index (χ3n) is 0.971. The largest absolute Gasteiger partial charge is 0.481 e. The van der Waals surface area contributed by atoms with Crippen molar-refractivity contribution in [1.29, 1.82) is 0 Å². The minimum Gasteiger partial charge on any atom is -0.481 e. The van der Waals surface area contributed by atoms with Crippen molar-refractivity contribution in [2.75, 3.05) is 6.61 Å². The number of rotatable bonds is 5. The molecule has 0 saturated heterocycles. The number of hydrogen-bond acceptors (Lipinski definition) is 3. The molecule has 0 bridgehead atoms. The highest BCUT2D eigenvalue weighted by Gasteiger charge is 2.09. The normalized spacial score (nSPS) is 13.5. The maximum Gasteiger partial charge on any atom is 0.308 e. The van der Waals surface area contributed by atoms with Crippen LogP contribution in [0.1, 0.15) is 20.3 Å². The van der Waals surface area contributed by atoms with Crippen molar-refractivity contribution in [3.63, 3.8) is 0 Å². The van der Waals surface area contributed by atoms with Crippen LogP contribution >= 0.6 is 0 Å².